The second-order valence-corrected chi connectivity index (χ2v) is 4.06. The van der Waals surface area contributed by atoms with Gasteiger partial charge in [0.1, 0.15) is 0 Å². The maximum atomic E-state index is 12.0. The molecule has 0 heterocycles. The number of rotatable bonds is 7. The fourth-order valence-electron chi connectivity index (χ4n) is 1.57. The third kappa shape index (κ3) is 4.61. The number of hydrogen-bond donors (Lipinski definition) is 1. The molecule has 96 valence electrons. The Kier molecular flexibility index (Phi) is 5.77. The van der Waals surface area contributed by atoms with Crippen molar-refractivity contribution in [3.8, 4) is 11.5 Å². The summed E-state index contributed by atoms with van der Waals surface area (Å²) >= 11 is 0. The molecular weight excluding hydrogens is 221 g/mol. The van der Waals surface area contributed by atoms with Gasteiger partial charge in [-0.2, -0.15) is 0 Å². The second-order valence-electron chi connectivity index (χ2n) is 4.06. The van der Waals surface area contributed by atoms with E-state index in [0.29, 0.717) is 24.5 Å². The van der Waals surface area contributed by atoms with Gasteiger partial charge in [0.15, 0.2) is 11.5 Å². The second kappa shape index (κ2) is 7.12. The number of methoxy groups -OCH3 is 1. The first-order chi connectivity index (χ1) is 8.17. The van der Waals surface area contributed by atoms with E-state index < -0.39 is 0 Å². The van der Waals surface area contributed by atoms with E-state index >= 15 is 0 Å². The maximum Gasteiger partial charge on any atom is 0.161 e. The van der Waals surface area contributed by atoms with Crippen molar-refractivity contribution in [2.24, 2.45) is 5.73 Å². The first-order valence-electron chi connectivity index (χ1n) is 5.78. The number of halogens is 1. The van der Waals surface area contributed by atoms with Gasteiger partial charge in [-0.25, -0.2) is 0 Å². The van der Waals surface area contributed by atoms with E-state index in [1.54, 1.807) is 7.11 Å². The molecule has 0 saturated carbocycles. The minimum absolute atomic E-state index is 0.0992. The first-order valence-corrected chi connectivity index (χ1v) is 5.78. The van der Waals surface area contributed by atoms with Gasteiger partial charge in [0.05, 0.1) is 20.4 Å². The molecule has 0 radical (unpaired) electrons. The molecule has 0 aromatic heterocycles. The van der Waals surface area contributed by atoms with Crippen LogP contribution in [0, 0.1) is 0 Å². The Hall–Kier alpha value is -1.29. The van der Waals surface area contributed by atoms with Crippen molar-refractivity contribution in [3.05, 3.63) is 23.8 Å². The van der Waals surface area contributed by atoms with Crippen LogP contribution < -0.4 is 15.2 Å². The number of ether oxygens (including phenoxy) is 2. The lowest BCUT2D eigenvalue weighted by Crippen LogP contribution is -2.17. The quantitative estimate of drug-likeness (QED) is 0.745. The lowest BCUT2D eigenvalue weighted by Gasteiger charge is -2.12. The van der Waals surface area contributed by atoms with Crippen molar-refractivity contribution < 1.29 is 13.9 Å². The average molecular weight is 241 g/mol. The van der Waals surface area contributed by atoms with Gasteiger partial charge in [-0.1, -0.05) is 6.07 Å². The molecule has 3 nitrogen and oxygen atoms in total. The molecule has 0 amide bonds. The molecule has 1 atom stereocenters. The van der Waals surface area contributed by atoms with E-state index in [1.165, 1.54) is 0 Å². The predicted octanol–water partition coefficient (Wildman–Crippen LogP) is 2.32. The summed E-state index contributed by atoms with van der Waals surface area (Å²) in [5, 5.41) is 0. The molecule has 17 heavy (non-hydrogen) atoms. The van der Waals surface area contributed by atoms with Crippen LogP contribution in [0.5, 0.6) is 11.5 Å². The summed E-state index contributed by atoms with van der Waals surface area (Å²) in [4.78, 5) is 0. The van der Waals surface area contributed by atoms with Gasteiger partial charge in [0, 0.05) is 12.5 Å². The maximum absolute atomic E-state index is 12.0. The van der Waals surface area contributed by atoms with Gasteiger partial charge in [-0.3, -0.25) is 4.39 Å². The number of benzene rings is 1. The van der Waals surface area contributed by atoms with Gasteiger partial charge in [-0.05, 0) is 31.0 Å². The average Bonchev–Trinajstić information content (AvgIpc) is 2.29. The van der Waals surface area contributed by atoms with Crippen LogP contribution in [-0.2, 0) is 6.42 Å². The molecule has 0 fully saturated rings. The first kappa shape index (κ1) is 13.8. The largest absolute Gasteiger partial charge is 0.493 e. The van der Waals surface area contributed by atoms with Crippen LogP contribution in [0.1, 0.15) is 18.9 Å². The summed E-state index contributed by atoms with van der Waals surface area (Å²) in [5.41, 5.74) is 6.84. The third-order valence-electron chi connectivity index (χ3n) is 2.32. The van der Waals surface area contributed by atoms with Crippen LogP contribution in [0.4, 0.5) is 4.39 Å². The predicted molar refractivity (Wildman–Crippen MR) is 66.4 cm³/mol. The smallest absolute Gasteiger partial charge is 0.161 e. The Balaban J connectivity index is 2.75. The highest BCUT2D eigenvalue weighted by molar-refractivity contribution is 5.43. The Morgan fingerprint density at radius 1 is 1.35 bits per heavy atom. The number of hydrogen-bond acceptors (Lipinski definition) is 3. The van der Waals surface area contributed by atoms with Gasteiger partial charge in [0.2, 0.25) is 0 Å². The van der Waals surface area contributed by atoms with Gasteiger partial charge in [-0.15, -0.1) is 0 Å². The Morgan fingerprint density at radius 3 is 2.71 bits per heavy atom. The molecule has 4 heteroatoms. The molecule has 0 aliphatic carbocycles. The molecular formula is C13H20FNO2. The van der Waals surface area contributed by atoms with Gasteiger partial charge in [0.25, 0.3) is 0 Å². The topological polar surface area (TPSA) is 44.5 Å². The van der Waals surface area contributed by atoms with Gasteiger partial charge < -0.3 is 15.2 Å². The lowest BCUT2D eigenvalue weighted by molar-refractivity contribution is 0.273. The monoisotopic (exact) mass is 241 g/mol. The molecule has 0 bridgehead atoms. The molecule has 1 aromatic carbocycles. The van der Waals surface area contributed by atoms with Crippen molar-refractivity contribution in [2.75, 3.05) is 20.4 Å². The summed E-state index contributed by atoms with van der Waals surface area (Å²) < 4.78 is 22.7. The molecule has 0 saturated heterocycles. The molecule has 1 unspecified atom stereocenters. The van der Waals surface area contributed by atoms with E-state index in [4.69, 9.17) is 15.2 Å². The van der Waals surface area contributed by atoms with E-state index in [0.717, 1.165) is 12.0 Å². The molecule has 0 aliphatic heterocycles. The zero-order chi connectivity index (χ0) is 12.7. The molecule has 0 spiro atoms. The van der Waals surface area contributed by atoms with Crippen molar-refractivity contribution in [1.29, 1.82) is 0 Å². The highest BCUT2D eigenvalue weighted by Gasteiger charge is 2.07. The third-order valence-corrected chi connectivity index (χ3v) is 2.32. The van der Waals surface area contributed by atoms with Crippen LogP contribution in [0.2, 0.25) is 0 Å². The molecule has 0 aliphatic rings. The standard InChI is InChI=1S/C13H20FNO2/c1-10(15)8-11-4-5-12(16-2)13(9-11)17-7-3-6-14/h4-5,9-10H,3,6-8,15H2,1-2H3. The van der Waals surface area contributed by atoms with Crippen LogP contribution in [0.25, 0.3) is 0 Å². The van der Waals surface area contributed by atoms with E-state index in [9.17, 15) is 4.39 Å². The zero-order valence-electron chi connectivity index (χ0n) is 10.4. The zero-order valence-corrected chi connectivity index (χ0v) is 10.4. The summed E-state index contributed by atoms with van der Waals surface area (Å²) in [5.74, 6) is 1.32. The Bertz CT molecular complexity index is 342. The van der Waals surface area contributed by atoms with Crippen molar-refractivity contribution >= 4 is 0 Å². The minimum atomic E-state index is -0.373. The van der Waals surface area contributed by atoms with E-state index in [1.807, 2.05) is 25.1 Å². The van der Waals surface area contributed by atoms with Crippen molar-refractivity contribution in [3.63, 3.8) is 0 Å². The fraction of sp³-hybridized carbons (Fsp3) is 0.538. The van der Waals surface area contributed by atoms with Crippen molar-refractivity contribution in [2.45, 2.75) is 25.8 Å². The highest BCUT2D eigenvalue weighted by Crippen LogP contribution is 2.28. The summed E-state index contributed by atoms with van der Waals surface area (Å²) in [6.07, 6.45) is 1.17. The number of alkyl halides is 1. The summed E-state index contributed by atoms with van der Waals surface area (Å²) in [6.45, 7) is 1.93. The SMILES string of the molecule is COc1ccc(CC(C)N)cc1OCCCF. The molecule has 2 N–H and O–H groups in total. The summed E-state index contributed by atoms with van der Waals surface area (Å²) in [7, 11) is 1.59. The van der Waals surface area contributed by atoms with E-state index in [-0.39, 0.29) is 12.7 Å². The van der Waals surface area contributed by atoms with Gasteiger partial charge >= 0.3 is 0 Å². The Labute approximate surface area is 102 Å². The molecule has 1 aromatic rings. The Morgan fingerprint density at radius 2 is 2.12 bits per heavy atom. The fourth-order valence-corrected chi connectivity index (χ4v) is 1.57. The van der Waals surface area contributed by atoms with Crippen molar-refractivity contribution in [1.82, 2.24) is 0 Å². The molecule has 1 rings (SSSR count). The van der Waals surface area contributed by atoms with Crippen LogP contribution in [0.15, 0.2) is 18.2 Å². The lowest BCUT2D eigenvalue weighted by atomic mass is 10.1. The van der Waals surface area contributed by atoms with Crippen LogP contribution >= 0.6 is 0 Å². The normalized spacial score (nSPS) is 12.2. The number of nitrogens with two attached hydrogens (primary N) is 1. The van der Waals surface area contributed by atoms with Crippen LogP contribution in [-0.4, -0.2) is 26.4 Å². The van der Waals surface area contributed by atoms with E-state index in [2.05, 4.69) is 0 Å². The highest BCUT2D eigenvalue weighted by atomic mass is 19.1. The minimum Gasteiger partial charge on any atom is -0.493 e. The van der Waals surface area contributed by atoms with Crippen LogP contribution in [0.3, 0.4) is 0 Å². The summed E-state index contributed by atoms with van der Waals surface area (Å²) in [6, 6.07) is 5.81.